The van der Waals surface area contributed by atoms with Crippen molar-refractivity contribution >= 4 is 0 Å². The van der Waals surface area contributed by atoms with Gasteiger partial charge in [0.05, 0.1) is 0 Å². The summed E-state index contributed by atoms with van der Waals surface area (Å²) in [6, 6.07) is 20.0. The van der Waals surface area contributed by atoms with E-state index in [9.17, 15) is 0 Å². The van der Waals surface area contributed by atoms with Crippen molar-refractivity contribution in [3.63, 3.8) is 0 Å². The van der Waals surface area contributed by atoms with Gasteiger partial charge < -0.3 is 0 Å². The first-order chi connectivity index (χ1) is 10.4. The van der Waals surface area contributed by atoms with E-state index in [2.05, 4.69) is 66.4 Å². The highest BCUT2D eigenvalue weighted by Gasteiger charge is 2.22. The first-order valence-corrected chi connectivity index (χ1v) is 8.23. The Morgan fingerprint density at radius 2 is 1.76 bits per heavy atom. The van der Waals surface area contributed by atoms with Crippen LogP contribution in [-0.4, -0.2) is 18.0 Å². The molecule has 1 heterocycles. The molecule has 0 bridgehead atoms. The van der Waals surface area contributed by atoms with Crippen LogP contribution in [-0.2, 0) is 6.54 Å². The third-order valence-electron chi connectivity index (χ3n) is 4.59. The van der Waals surface area contributed by atoms with Crippen molar-refractivity contribution in [1.82, 2.24) is 4.90 Å². The fraction of sp³-hybridized carbons (Fsp3) is 0.400. The van der Waals surface area contributed by atoms with Crippen molar-refractivity contribution in [3.05, 3.63) is 71.3 Å². The number of fused-ring (bicyclic) bond motifs is 1. The van der Waals surface area contributed by atoms with Gasteiger partial charge in [-0.15, -0.1) is 0 Å². The lowest BCUT2D eigenvalue weighted by Gasteiger charge is -2.20. The summed E-state index contributed by atoms with van der Waals surface area (Å²) in [5.41, 5.74) is 4.50. The van der Waals surface area contributed by atoms with E-state index in [-0.39, 0.29) is 0 Å². The average Bonchev–Trinajstić information content (AvgIpc) is 2.73. The maximum absolute atomic E-state index is 2.63. The molecule has 21 heavy (non-hydrogen) atoms. The second-order valence-electron chi connectivity index (χ2n) is 6.08. The van der Waals surface area contributed by atoms with Gasteiger partial charge in [0.1, 0.15) is 0 Å². The average molecular weight is 279 g/mol. The van der Waals surface area contributed by atoms with Crippen LogP contribution in [0.2, 0.25) is 0 Å². The molecular formula is C20H25N. The van der Waals surface area contributed by atoms with E-state index in [1.54, 1.807) is 0 Å². The second-order valence-corrected chi connectivity index (χ2v) is 6.08. The minimum absolute atomic E-state index is 0.550. The summed E-state index contributed by atoms with van der Waals surface area (Å²) in [4.78, 5) is 2.63. The molecule has 0 aliphatic carbocycles. The molecule has 1 aliphatic heterocycles. The normalized spacial score (nSPS) is 19.0. The van der Waals surface area contributed by atoms with E-state index in [0.29, 0.717) is 5.92 Å². The Morgan fingerprint density at radius 1 is 1.00 bits per heavy atom. The Morgan fingerprint density at radius 3 is 2.57 bits per heavy atom. The van der Waals surface area contributed by atoms with Gasteiger partial charge in [-0.3, -0.25) is 4.90 Å². The molecule has 0 amide bonds. The minimum atomic E-state index is 0.550. The van der Waals surface area contributed by atoms with E-state index < -0.39 is 0 Å². The van der Waals surface area contributed by atoms with Crippen LogP contribution in [0.15, 0.2) is 54.6 Å². The molecule has 0 saturated carbocycles. The Hall–Kier alpha value is -1.60. The fourth-order valence-corrected chi connectivity index (χ4v) is 3.41. The number of hydrogen-bond acceptors (Lipinski definition) is 1. The Bertz CT molecular complexity index is 561. The third kappa shape index (κ3) is 3.36. The lowest BCUT2D eigenvalue weighted by molar-refractivity contribution is 0.263. The van der Waals surface area contributed by atoms with Crippen molar-refractivity contribution in [1.29, 1.82) is 0 Å². The molecule has 0 saturated heterocycles. The van der Waals surface area contributed by atoms with E-state index in [4.69, 9.17) is 0 Å². The summed E-state index contributed by atoms with van der Waals surface area (Å²) in [5, 5.41) is 0. The summed E-state index contributed by atoms with van der Waals surface area (Å²) in [6.07, 6.45) is 3.81. The summed E-state index contributed by atoms with van der Waals surface area (Å²) >= 11 is 0. The van der Waals surface area contributed by atoms with E-state index in [1.807, 2.05) is 0 Å². The van der Waals surface area contributed by atoms with Crippen LogP contribution in [0.3, 0.4) is 0 Å². The standard InChI is InChI=1S/C20H25N/c1-2-3-14-21-15-13-20(17-9-5-4-6-10-17)19-12-8-7-11-18(19)16-21/h4-12,20H,2-3,13-16H2,1H3. The van der Waals surface area contributed by atoms with Crippen LogP contribution >= 0.6 is 0 Å². The maximum atomic E-state index is 2.63. The van der Waals surface area contributed by atoms with Gasteiger partial charge in [-0.2, -0.15) is 0 Å². The molecule has 0 aromatic heterocycles. The van der Waals surface area contributed by atoms with Gasteiger partial charge in [0, 0.05) is 12.5 Å². The molecule has 0 N–H and O–H groups in total. The molecule has 110 valence electrons. The van der Waals surface area contributed by atoms with Gasteiger partial charge in [0.25, 0.3) is 0 Å². The first kappa shape index (κ1) is 14.3. The van der Waals surface area contributed by atoms with Crippen molar-refractivity contribution in [2.24, 2.45) is 0 Å². The highest BCUT2D eigenvalue weighted by Crippen LogP contribution is 2.33. The lowest BCUT2D eigenvalue weighted by atomic mass is 9.87. The number of nitrogens with zero attached hydrogens (tertiary/aromatic N) is 1. The smallest absolute Gasteiger partial charge is 0.0236 e. The molecule has 1 unspecified atom stereocenters. The number of rotatable bonds is 4. The molecule has 2 aromatic rings. The zero-order valence-corrected chi connectivity index (χ0v) is 13.0. The van der Waals surface area contributed by atoms with Crippen molar-refractivity contribution in [3.8, 4) is 0 Å². The van der Waals surface area contributed by atoms with Crippen molar-refractivity contribution < 1.29 is 0 Å². The molecule has 0 fully saturated rings. The molecule has 1 nitrogen and oxygen atoms in total. The monoisotopic (exact) mass is 279 g/mol. The van der Waals surface area contributed by atoms with Crippen LogP contribution in [0.4, 0.5) is 0 Å². The molecule has 1 heteroatoms. The largest absolute Gasteiger partial charge is 0.299 e. The predicted octanol–water partition coefficient (Wildman–Crippen LogP) is 4.82. The second kappa shape index (κ2) is 6.91. The van der Waals surface area contributed by atoms with Gasteiger partial charge in [-0.05, 0) is 42.6 Å². The highest BCUT2D eigenvalue weighted by molar-refractivity contribution is 5.38. The zero-order chi connectivity index (χ0) is 14.5. The van der Waals surface area contributed by atoms with Gasteiger partial charge in [-0.25, -0.2) is 0 Å². The van der Waals surface area contributed by atoms with Crippen LogP contribution in [0.1, 0.15) is 48.8 Å². The van der Waals surface area contributed by atoms with Gasteiger partial charge in [0.2, 0.25) is 0 Å². The summed E-state index contributed by atoms with van der Waals surface area (Å²) < 4.78 is 0. The zero-order valence-electron chi connectivity index (χ0n) is 13.0. The summed E-state index contributed by atoms with van der Waals surface area (Å²) in [5.74, 6) is 0.550. The molecule has 2 aromatic carbocycles. The Balaban J connectivity index is 1.90. The number of hydrogen-bond donors (Lipinski definition) is 0. The minimum Gasteiger partial charge on any atom is -0.299 e. The Kier molecular flexibility index (Phi) is 4.72. The predicted molar refractivity (Wildman–Crippen MR) is 89.5 cm³/mol. The Labute approximate surface area is 128 Å². The van der Waals surface area contributed by atoms with Gasteiger partial charge >= 0.3 is 0 Å². The van der Waals surface area contributed by atoms with E-state index >= 15 is 0 Å². The first-order valence-electron chi connectivity index (χ1n) is 8.23. The summed E-state index contributed by atoms with van der Waals surface area (Å²) in [7, 11) is 0. The van der Waals surface area contributed by atoms with Crippen molar-refractivity contribution in [2.75, 3.05) is 13.1 Å². The van der Waals surface area contributed by atoms with Gasteiger partial charge in [0.15, 0.2) is 0 Å². The van der Waals surface area contributed by atoms with Crippen LogP contribution < -0.4 is 0 Å². The third-order valence-corrected chi connectivity index (χ3v) is 4.59. The molecule has 0 radical (unpaired) electrons. The van der Waals surface area contributed by atoms with Crippen molar-refractivity contribution in [2.45, 2.75) is 38.6 Å². The highest BCUT2D eigenvalue weighted by atomic mass is 15.1. The molecule has 3 rings (SSSR count). The van der Waals surface area contributed by atoms with Crippen LogP contribution in [0.5, 0.6) is 0 Å². The summed E-state index contributed by atoms with van der Waals surface area (Å²) in [6.45, 7) is 5.82. The molecule has 0 spiro atoms. The SMILES string of the molecule is CCCCN1CCC(c2ccccc2)c2ccccc2C1. The van der Waals surface area contributed by atoms with Crippen LogP contribution in [0, 0.1) is 0 Å². The molecular weight excluding hydrogens is 254 g/mol. The fourth-order valence-electron chi connectivity index (χ4n) is 3.41. The quantitative estimate of drug-likeness (QED) is 0.775. The topological polar surface area (TPSA) is 3.24 Å². The van der Waals surface area contributed by atoms with E-state index in [1.165, 1.54) is 49.0 Å². The molecule has 1 atom stereocenters. The van der Waals surface area contributed by atoms with Crippen LogP contribution in [0.25, 0.3) is 0 Å². The maximum Gasteiger partial charge on any atom is 0.0236 e. The number of unbranched alkanes of at least 4 members (excludes halogenated alkanes) is 1. The van der Waals surface area contributed by atoms with E-state index in [0.717, 1.165) is 6.54 Å². The molecule has 1 aliphatic rings. The number of benzene rings is 2. The lowest BCUT2D eigenvalue weighted by Crippen LogP contribution is -2.24. The van der Waals surface area contributed by atoms with Gasteiger partial charge in [-0.1, -0.05) is 67.9 Å².